The molecule has 2 aromatic rings. The summed E-state index contributed by atoms with van der Waals surface area (Å²) in [6.07, 6.45) is 12.7. The molecule has 0 saturated carbocycles. The number of unbranched alkanes of at least 4 members (excludes halogenated alkanes) is 8. The molecule has 1 aliphatic heterocycles. The van der Waals surface area contributed by atoms with Gasteiger partial charge in [0.25, 0.3) is 5.91 Å². The lowest BCUT2D eigenvalue weighted by atomic mass is 10.1. The summed E-state index contributed by atoms with van der Waals surface area (Å²) in [5.74, 6) is 0.0393. The van der Waals surface area contributed by atoms with Crippen molar-refractivity contribution < 1.29 is 28.6 Å². The van der Waals surface area contributed by atoms with Gasteiger partial charge in [-0.3, -0.25) is 4.79 Å². The molecule has 1 aliphatic rings. The van der Waals surface area contributed by atoms with Crippen molar-refractivity contribution in [1.29, 1.82) is 0 Å². The van der Waals surface area contributed by atoms with Crippen molar-refractivity contribution in [3.8, 4) is 11.5 Å². The molecule has 7 heteroatoms. The maximum Gasteiger partial charge on any atom is 0.343 e. The first-order valence-corrected chi connectivity index (χ1v) is 15.1. The molecule has 0 aromatic heterocycles. The molecular weight excluding hydrogens is 506 g/mol. The largest absolute Gasteiger partial charge is 0.494 e. The van der Waals surface area contributed by atoms with Crippen molar-refractivity contribution in [2.45, 2.75) is 96.9 Å². The summed E-state index contributed by atoms with van der Waals surface area (Å²) in [5, 5.41) is 0. The standard InChI is InChI=1S/C33H45NO6/c1-3-5-7-9-10-12-24-38-28-19-17-27(18-20-28)32(36)40-29-21-15-26(16-22-29)31(35)34-23-13-14-30(34)33(37)39-25-11-8-6-4-2/h15-22,30H,3-14,23-25H2,1-2H3/t30-/m0/s1. The summed E-state index contributed by atoms with van der Waals surface area (Å²) < 4.78 is 16.7. The Morgan fingerprint density at radius 2 is 1.30 bits per heavy atom. The number of carbonyl (C=O) groups excluding carboxylic acids is 3. The van der Waals surface area contributed by atoms with Crippen LogP contribution in [-0.4, -0.2) is 48.5 Å². The monoisotopic (exact) mass is 551 g/mol. The van der Waals surface area contributed by atoms with Crippen molar-refractivity contribution >= 4 is 17.8 Å². The first kappa shape index (κ1) is 31.2. The fraction of sp³-hybridized carbons (Fsp3) is 0.545. The third-order valence-electron chi connectivity index (χ3n) is 7.20. The van der Waals surface area contributed by atoms with Gasteiger partial charge in [-0.05, 0) is 74.2 Å². The minimum Gasteiger partial charge on any atom is -0.494 e. The Kier molecular flexibility index (Phi) is 13.5. The molecule has 0 spiro atoms. The summed E-state index contributed by atoms with van der Waals surface area (Å²) in [6.45, 7) is 5.93. The predicted octanol–water partition coefficient (Wildman–Crippen LogP) is 7.37. The lowest BCUT2D eigenvalue weighted by Crippen LogP contribution is -2.41. The van der Waals surface area contributed by atoms with Gasteiger partial charge in [0.15, 0.2) is 0 Å². The Morgan fingerprint density at radius 1 is 0.725 bits per heavy atom. The number of amides is 1. The quantitative estimate of drug-likeness (QED) is 0.116. The van der Waals surface area contributed by atoms with E-state index in [1.165, 1.54) is 32.1 Å². The van der Waals surface area contributed by atoms with Crippen molar-refractivity contribution in [2.24, 2.45) is 0 Å². The zero-order valence-corrected chi connectivity index (χ0v) is 24.2. The van der Waals surface area contributed by atoms with Crippen LogP contribution in [0.15, 0.2) is 48.5 Å². The number of hydrogen-bond donors (Lipinski definition) is 0. The van der Waals surface area contributed by atoms with Crippen molar-refractivity contribution in [3.05, 3.63) is 59.7 Å². The van der Waals surface area contributed by atoms with E-state index < -0.39 is 12.0 Å². The second kappa shape index (κ2) is 17.4. The molecule has 0 N–H and O–H groups in total. The molecule has 1 fully saturated rings. The number of ether oxygens (including phenoxy) is 3. The molecule has 40 heavy (non-hydrogen) atoms. The van der Waals surface area contributed by atoms with Crippen LogP contribution in [0.3, 0.4) is 0 Å². The Bertz CT molecular complexity index is 1050. The molecule has 3 rings (SSSR count). The summed E-state index contributed by atoms with van der Waals surface area (Å²) >= 11 is 0. The summed E-state index contributed by atoms with van der Waals surface area (Å²) in [5.41, 5.74) is 0.856. The molecule has 1 atom stereocenters. The van der Waals surface area contributed by atoms with E-state index in [4.69, 9.17) is 14.2 Å². The maximum atomic E-state index is 13.1. The van der Waals surface area contributed by atoms with Gasteiger partial charge >= 0.3 is 11.9 Å². The number of hydrogen-bond acceptors (Lipinski definition) is 6. The van der Waals surface area contributed by atoms with E-state index in [1.54, 1.807) is 53.4 Å². The molecule has 0 bridgehead atoms. The van der Waals surface area contributed by atoms with E-state index >= 15 is 0 Å². The molecule has 1 amide bonds. The third kappa shape index (κ3) is 10.00. The highest BCUT2D eigenvalue weighted by Gasteiger charge is 2.35. The molecule has 1 heterocycles. The minimum absolute atomic E-state index is 0.222. The topological polar surface area (TPSA) is 82.1 Å². The highest BCUT2D eigenvalue weighted by molar-refractivity contribution is 5.97. The lowest BCUT2D eigenvalue weighted by molar-refractivity contribution is -0.148. The number of likely N-dealkylation sites (tertiary alicyclic amines) is 1. The summed E-state index contributed by atoms with van der Waals surface area (Å²) in [7, 11) is 0. The van der Waals surface area contributed by atoms with E-state index in [0.717, 1.165) is 44.3 Å². The number of nitrogens with zero attached hydrogens (tertiary/aromatic N) is 1. The van der Waals surface area contributed by atoms with Crippen LogP contribution in [0.4, 0.5) is 0 Å². The van der Waals surface area contributed by atoms with E-state index in [9.17, 15) is 14.4 Å². The van der Waals surface area contributed by atoms with Gasteiger partial charge in [0.05, 0.1) is 18.8 Å². The zero-order chi connectivity index (χ0) is 28.6. The fourth-order valence-corrected chi connectivity index (χ4v) is 4.81. The van der Waals surface area contributed by atoms with Gasteiger partial charge in [0.2, 0.25) is 0 Å². The van der Waals surface area contributed by atoms with Crippen LogP contribution in [0.5, 0.6) is 11.5 Å². The van der Waals surface area contributed by atoms with E-state index in [0.29, 0.717) is 43.1 Å². The first-order chi connectivity index (χ1) is 19.5. The second-order valence-corrected chi connectivity index (χ2v) is 10.4. The highest BCUT2D eigenvalue weighted by Crippen LogP contribution is 2.23. The second-order valence-electron chi connectivity index (χ2n) is 10.4. The molecule has 2 aromatic carbocycles. The SMILES string of the molecule is CCCCCCCCOc1ccc(C(=O)Oc2ccc(C(=O)N3CCC[C@H]3C(=O)OCCCCCC)cc2)cc1. The van der Waals surface area contributed by atoms with E-state index in [2.05, 4.69) is 13.8 Å². The molecule has 0 unspecified atom stereocenters. The van der Waals surface area contributed by atoms with Gasteiger partial charge < -0.3 is 19.1 Å². The normalized spacial score (nSPS) is 14.7. The number of esters is 2. The van der Waals surface area contributed by atoms with Gasteiger partial charge in [-0.2, -0.15) is 0 Å². The molecule has 0 radical (unpaired) electrons. The van der Waals surface area contributed by atoms with Crippen molar-refractivity contribution in [3.63, 3.8) is 0 Å². The Balaban J connectivity index is 1.45. The smallest absolute Gasteiger partial charge is 0.343 e. The van der Waals surface area contributed by atoms with Crippen LogP contribution in [0.2, 0.25) is 0 Å². The molecule has 0 aliphatic carbocycles. The van der Waals surface area contributed by atoms with Gasteiger partial charge in [-0.25, -0.2) is 9.59 Å². The minimum atomic E-state index is -0.547. The lowest BCUT2D eigenvalue weighted by Gasteiger charge is -2.23. The van der Waals surface area contributed by atoms with Gasteiger partial charge in [0, 0.05) is 12.1 Å². The first-order valence-electron chi connectivity index (χ1n) is 15.1. The van der Waals surface area contributed by atoms with E-state index in [1.807, 2.05) is 0 Å². The molecule has 7 nitrogen and oxygen atoms in total. The Hall–Kier alpha value is -3.35. The third-order valence-corrected chi connectivity index (χ3v) is 7.20. The number of carbonyl (C=O) groups is 3. The summed E-state index contributed by atoms with van der Waals surface area (Å²) in [4.78, 5) is 39.9. The average Bonchev–Trinajstić information content (AvgIpc) is 3.47. The number of rotatable bonds is 17. The molecular formula is C33H45NO6. The van der Waals surface area contributed by atoms with Crippen LogP contribution in [0, 0.1) is 0 Å². The highest BCUT2D eigenvalue weighted by atomic mass is 16.5. The van der Waals surface area contributed by atoms with Crippen LogP contribution in [-0.2, 0) is 9.53 Å². The maximum absolute atomic E-state index is 13.1. The van der Waals surface area contributed by atoms with Gasteiger partial charge in [0.1, 0.15) is 17.5 Å². The van der Waals surface area contributed by atoms with Gasteiger partial charge in [-0.15, -0.1) is 0 Å². The fourth-order valence-electron chi connectivity index (χ4n) is 4.81. The summed E-state index contributed by atoms with van der Waals surface area (Å²) in [6, 6.07) is 12.8. The van der Waals surface area contributed by atoms with Crippen molar-refractivity contribution in [2.75, 3.05) is 19.8 Å². The predicted molar refractivity (Wildman–Crippen MR) is 156 cm³/mol. The molecule has 1 saturated heterocycles. The zero-order valence-electron chi connectivity index (χ0n) is 24.2. The number of benzene rings is 2. The van der Waals surface area contributed by atoms with Gasteiger partial charge in [-0.1, -0.05) is 65.2 Å². The van der Waals surface area contributed by atoms with Crippen LogP contribution < -0.4 is 9.47 Å². The van der Waals surface area contributed by atoms with Crippen molar-refractivity contribution in [1.82, 2.24) is 4.90 Å². The van der Waals surface area contributed by atoms with Crippen LogP contribution in [0.1, 0.15) is 112 Å². The Labute approximate surface area is 239 Å². The average molecular weight is 552 g/mol. The van der Waals surface area contributed by atoms with Crippen LogP contribution in [0.25, 0.3) is 0 Å². The van der Waals surface area contributed by atoms with Crippen LogP contribution >= 0.6 is 0 Å². The Morgan fingerprint density at radius 3 is 2.00 bits per heavy atom. The molecule has 218 valence electrons. The van der Waals surface area contributed by atoms with E-state index in [-0.39, 0.29) is 11.9 Å².